The first-order valence-electron chi connectivity index (χ1n) is 12.2. The number of benzene rings is 2. The molecule has 2 aromatic rings. The molecule has 1 unspecified atom stereocenters. The van der Waals surface area contributed by atoms with Crippen molar-refractivity contribution < 1.29 is 13.2 Å². The lowest BCUT2D eigenvalue weighted by atomic mass is 9.77. The van der Waals surface area contributed by atoms with Crippen LogP contribution in [0.25, 0.3) is 11.1 Å². The third-order valence-corrected chi connectivity index (χ3v) is 6.94. The first-order valence-corrected chi connectivity index (χ1v) is 12.2. The lowest BCUT2D eigenvalue weighted by molar-refractivity contribution is -0.0807. The van der Waals surface area contributed by atoms with Crippen molar-refractivity contribution in [1.29, 1.82) is 0 Å². The van der Waals surface area contributed by atoms with Crippen LogP contribution in [0.15, 0.2) is 48.5 Å². The molecule has 31 heavy (non-hydrogen) atoms. The molecule has 1 saturated carbocycles. The van der Waals surface area contributed by atoms with Crippen molar-refractivity contribution in [3.63, 3.8) is 0 Å². The van der Waals surface area contributed by atoms with E-state index in [9.17, 15) is 13.2 Å². The van der Waals surface area contributed by atoms with Gasteiger partial charge in [-0.15, -0.1) is 0 Å². The Kier molecular flexibility index (Phi) is 8.63. The van der Waals surface area contributed by atoms with Crippen LogP contribution in [0.2, 0.25) is 0 Å². The van der Waals surface area contributed by atoms with Crippen LogP contribution in [0.4, 0.5) is 13.2 Å². The number of hydrogen-bond acceptors (Lipinski definition) is 0. The van der Waals surface area contributed by atoms with Crippen LogP contribution in [0.5, 0.6) is 0 Å². The molecular formula is C28H37F3. The van der Waals surface area contributed by atoms with Crippen LogP contribution in [-0.4, -0.2) is 5.92 Å². The topological polar surface area (TPSA) is 0 Å². The molecule has 170 valence electrons. The molecular weight excluding hydrogens is 393 g/mol. The molecule has 3 heteroatoms. The highest BCUT2D eigenvalue weighted by Gasteiger charge is 2.39. The Hall–Kier alpha value is -1.77. The molecule has 0 heterocycles. The summed E-state index contributed by atoms with van der Waals surface area (Å²) < 4.78 is 42.0. The first kappa shape index (κ1) is 23.9. The maximum Gasteiger partial charge on any atom is 0.282 e. The van der Waals surface area contributed by atoms with E-state index >= 15 is 0 Å². The van der Waals surface area contributed by atoms with Gasteiger partial charge in [-0.3, -0.25) is 0 Å². The van der Waals surface area contributed by atoms with Crippen LogP contribution >= 0.6 is 0 Å². The average molecular weight is 431 g/mol. The van der Waals surface area contributed by atoms with Gasteiger partial charge in [-0.1, -0.05) is 94.5 Å². The van der Waals surface area contributed by atoms with Crippen molar-refractivity contribution in [1.82, 2.24) is 0 Å². The molecule has 1 aliphatic carbocycles. The molecule has 2 aromatic carbocycles. The zero-order valence-corrected chi connectivity index (χ0v) is 19.1. The van der Waals surface area contributed by atoms with Gasteiger partial charge in [0, 0.05) is 6.42 Å². The van der Waals surface area contributed by atoms with Gasteiger partial charge in [0.1, 0.15) is 0 Å². The summed E-state index contributed by atoms with van der Waals surface area (Å²) in [6.45, 7) is 3.91. The van der Waals surface area contributed by atoms with E-state index in [-0.39, 0.29) is 12.0 Å². The highest BCUT2D eigenvalue weighted by atomic mass is 19.3. The minimum absolute atomic E-state index is 0.0505. The Morgan fingerprint density at radius 1 is 0.806 bits per heavy atom. The SMILES string of the molecule is CCCCCC1CCC(c2ccc(-c3ccc(C(F)C(F)(F)CCC)cc3)cc2)CC1. The molecule has 0 N–H and O–H groups in total. The smallest absolute Gasteiger partial charge is 0.236 e. The number of alkyl halides is 3. The third kappa shape index (κ3) is 6.37. The molecule has 0 bridgehead atoms. The van der Waals surface area contributed by atoms with Crippen molar-refractivity contribution in [2.75, 3.05) is 0 Å². The molecule has 1 aliphatic rings. The maximum atomic E-state index is 14.3. The zero-order chi connectivity index (χ0) is 22.3. The Labute approximate surface area is 186 Å². The van der Waals surface area contributed by atoms with Gasteiger partial charge in [0.15, 0.2) is 6.17 Å². The fraction of sp³-hybridized carbons (Fsp3) is 0.571. The summed E-state index contributed by atoms with van der Waals surface area (Å²) >= 11 is 0. The Morgan fingerprint density at radius 3 is 1.94 bits per heavy atom. The Bertz CT molecular complexity index is 771. The summed E-state index contributed by atoms with van der Waals surface area (Å²) in [6, 6.07) is 15.1. The van der Waals surface area contributed by atoms with E-state index in [0.717, 1.165) is 17.0 Å². The Balaban J connectivity index is 1.58. The van der Waals surface area contributed by atoms with Crippen LogP contribution in [-0.2, 0) is 0 Å². The summed E-state index contributed by atoms with van der Waals surface area (Å²) in [7, 11) is 0. The van der Waals surface area contributed by atoms with Crippen LogP contribution in [0, 0.1) is 5.92 Å². The normalized spacial score (nSPS) is 20.5. The second-order valence-electron chi connectivity index (χ2n) is 9.33. The molecule has 0 amide bonds. The van der Waals surface area contributed by atoms with Crippen molar-refractivity contribution >= 4 is 0 Å². The van der Waals surface area contributed by atoms with Crippen LogP contribution < -0.4 is 0 Å². The molecule has 1 fully saturated rings. The number of halogens is 3. The predicted octanol–water partition coefficient (Wildman–Crippen LogP) is 9.65. The molecule has 0 saturated heterocycles. The van der Waals surface area contributed by atoms with Gasteiger partial charge < -0.3 is 0 Å². The van der Waals surface area contributed by atoms with Gasteiger partial charge in [0.05, 0.1) is 0 Å². The number of unbranched alkanes of at least 4 members (excludes halogenated alkanes) is 2. The van der Waals surface area contributed by atoms with Crippen molar-refractivity contribution in [2.24, 2.45) is 5.92 Å². The fourth-order valence-electron chi connectivity index (χ4n) is 4.96. The molecule has 1 atom stereocenters. The predicted molar refractivity (Wildman–Crippen MR) is 124 cm³/mol. The minimum atomic E-state index is -3.31. The second-order valence-corrected chi connectivity index (χ2v) is 9.33. The van der Waals surface area contributed by atoms with E-state index in [2.05, 4.69) is 31.2 Å². The van der Waals surface area contributed by atoms with E-state index in [1.165, 1.54) is 69.1 Å². The molecule has 0 aliphatic heterocycles. The summed E-state index contributed by atoms with van der Waals surface area (Å²) in [5.41, 5.74) is 3.42. The highest BCUT2D eigenvalue weighted by molar-refractivity contribution is 5.64. The van der Waals surface area contributed by atoms with Crippen LogP contribution in [0.3, 0.4) is 0 Å². The zero-order valence-electron chi connectivity index (χ0n) is 19.1. The third-order valence-electron chi connectivity index (χ3n) is 6.94. The van der Waals surface area contributed by atoms with Crippen LogP contribution in [0.1, 0.15) is 101 Å². The van der Waals surface area contributed by atoms with Crippen molar-refractivity contribution in [3.8, 4) is 11.1 Å². The van der Waals surface area contributed by atoms with E-state index in [4.69, 9.17) is 0 Å². The van der Waals surface area contributed by atoms with Gasteiger partial charge >= 0.3 is 0 Å². The quantitative estimate of drug-likeness (QED) is 0.329. The maximum absolute atomic E-state index is 14.3. The van der Waals surface area contributed by atoms with Gasteiger partial charge in [-0.25, -0.2) is 13.2 Å². The summed E-state index contributed by atoms with van der Waals surface area (Å²) in [5.74, 6) is -1.76. The van der Waals surface area contributed by atoms with Crippen molar-refractivity contribution in [3.05, 3.63) is 59.7 Å². The lowest BCUT2D eigenvalue weighted by Gasteiger charge is -2.29. The van der Waals surface area contributed by atoms with Gasteiger partial charge in [0.25, 0.3) is 5.92 Å². The Morgan fingerprint density at radius 2 is 1.39 bits per heavy atom. The first-order chi connectivity index (χ1) is 14.9. The monoisotopic (exact) mass is 430 g/mol. The van der Waals surface area contributed by atoms with E-state index in [0.29, 0.717) is 5.92 Å². The van der Waals surface area contributed by atoms with Gasteiger partial charge in [-0.2, -0.15) is 0 Å². The van der Waals surface area contributed by atoms with E-state index in [1.807, 2.05) is 0 Å². The second kappa shape index (κ2) is 11.2. The summed E-state index contributed by atoms with van der Waals surface area (Å²) in [5, 5.41) is 0. The summed E-state index contributed by atoms with van der Waals surface area (Å²) in [4.78, 5) is 0. The molecule has 3 rings (SSSR count). The fourth-order valence-corrected chi connectivity index (χ4v) is 4.96. The van der Waals surface area contributed by atoms with E-state index < -0.39 is 18.5 Å². The lowest BCUT2D eigenvalue weighted by Crippen LogP contribution is -2.22. The average Bonchev–Trinajstić information content (AvgIpc) is 2.79. The number of rotatable bonds is 10. The molecule has 0 spiro atoms. The molecule has 0 radical (unpaired) electrons. The standard InChI is InChI=1S/C28H37F3/c1-3-5-6-7-21-8-10-22(11-9-21)23-12-14-24(15-13-23)25-16-18-26(19-17-25)27(29)28(30,31)20-4-2/h12-19,21-22,27H,3-11,20H2,1-2H3. The molecule has 0 aromatic heterocycles. The van der Waals surface area contributed by atoms with Gasteiger partial charge in [0.2, 0.25) is 0 Å². The molecule has 0 nitrogen and oxygen atoms in total. The van der Waals surface area contributed by atoms with Crippen molar-refractivity contribution in [2.45, 2.75) is 96.1 Å². The van der Waals surface area contributed by atoms with E-state index in [1.54, 1.807) is 19.1 Å². The summed E-state index contributed by atoms with van der Waals surface area (Å²) in [6.07, 6.45) is 8.22. The van der Waals surface area contributed by atoms with Gasteiger partial charge in [-0.05, 0) is 59.8 Å². The largest absolute Gasteiger partial charge is 0.282 e. The highest BCUT2D eigenvalue weighted by Crippen LogP contribution is 2.40. The minimum Gasteiger partial charge on any atom is -0.236 e. The number of hydrogen-bond donors (Lipinski definition) is 0.